The third kappa shape index (κ3) is 2.18. The predicted molar refractivity (Wildman–Crippen MR) is 105 cm³/mol. The molecule has 0 atom stereocenters. The lowest BCUT2D eigenvalue weighted by Crippen LogP contribution is -2.60. The Morgan fingerprint density at radius 1 is 0.778 bits per heavy atom. The molecule has 6 heteroatoms. The third-order valence-corrected chi connectivity index (χ3v) is 5.20. The van der Waals surface area contributed by atoms with E-state index in [-0.39, 0.29) is 11.8 Å². The van der Waals surface area contributed by atoms with E-state index in [0.717, 1.165) is 11.4 Å². The number of imide groups is 1. The summed E-state index contributed by atoms with van der Waals surface area (Å²) in [5.74, 6) is -0.743. The zero-order chi connectivity index (χ0) is 18.6. The monoisotopic (exact) mass is 375 g/mol. The number of para-hydroxylation sites is 2. The van der Waals surface area contributed by atoms with Gasteiger partial charge in [-0.2, -0.15) is 0 Å². The van der Waals surface area contributed by atoms with E-state index in [0.29, 0.717) is 21.8 Å². The van der Waals surface area contributed by atoms with Gasteiger partial charge in [0.15, 0.2) is 0 Å². The molecule has 0 aromatic heterocycles. The minimum atomic E-state index is -1.24. The third-order valence-electron chi connectivity index (χ3n) is 4.94. The molecule has 2 N–H and O–H groups in total. The first-order valence-corrected chi connectivity index (χ1v) is 8.87. The molecule has 0 radical (unpaired) electrons. The van der Waals surface area contributed by atoms with E-state index in [9.17, 15) is 9.59 Å². The molecule has 2 heterocycles. The molecule has 5 nitrogen and oxygen atoms in total. The number of carbonyl (C=O) groups excluding carboxylic acids is 2. The molecule has 3 aromatic rings. The lowest BCUT2D eigenvalue weighted by Gasteiger charge is -2.39. The van der Waals surface area contributed by atoms with E-state index in [2.05, 4.69) is 10.6 Å². The van der Waals surface area contributed by atoms with Gasteiger partial charge in [-0.25, -0.2) is 4.90 Å². The van der Waals surface area contributed by atoms with E-state index in [1.165, 1.54) is 4.90 Å². The second-order valence-corrected chi connectivity index (χ2v) is 6.95. The van der Waals surface area contributed by atoms with Crippen molar-refractivity contribution in [3.05, 3.63) is 88.9 Å². The van der Waals surface area contributed by atoms with Crippen LogP contribution in [-0.4, -0.2) is 11.8 Å². The topological polar surface area (TPSA) is 61.4 Å². The van der Waals surface area contributed by atoms with Gasteiger partial charge in [-0.05, 0) is 42.5 Å². The number of benzene rings is 3. The molecular formula is C21H14ClN3O2. The molecule has 5 rings (SSSR count). The number of amides is 2. The van der Waals surface area contributed by atoms with Gasteiger partial charge in [-0.1, -0.05) is 41.9 Å². The Hall–Kier alpha value is -3.31. The molecule has 1 spiro atoms. The molecule has 2 amide bonds. The highest BCUT2D eigenvalue weighted by atomic mass is 35.5. The maximum Gasteiger partial charge on any atom is 0.285 e. The average molecular weight is 376 g/mol. The first-order valence-electron chi connectivity index (χ1n) is 8.49. The first-order chi connectivity index (χ1) is 13.1. The van der Waals surface area contributed by atoms with Crippen LogP contribution in [0.1, 0.15) is 15.9 Å². The van der Waals surface area contributed by atoms with Gasteiger partial charge < -0.3 is 10.6 Å². The predicted octanol–water partition coefficient (Wildman–Crippen LogP) is 4.22. The molecule has 3 aromatic carbocycles. The van der Waals surface area contributed by atoms with Crippen molar-refractivity contribution in [3.63, 3.8) is 0 Å². The van der Waals surface area contributed by atoms with Crippen molar-refractivity contribution in [1.82, 2.24) is 0 Å². The Morgan fingerprint density at radius 3 is 2.04 bits per heavy atom. The molecule has 0 aliphatic carbocycles. The summed E-state index contributed by atoms with van der Waals surface area (Å²) >= 11 is 5.97. The zero-order valence-corrected chi connectivity index (χ0v) is 14.8. The average Bonchev–Trinajstić information content (AvgIpc) is 3.09. The number of anilines is 3. The quantitative estimate of drug-likeness (QED) is 0.625. The molecule has 2 aliphatic rings. The number of nitrogens with one attached hydrogen (secondary N) is 2. The largest absolute Gasteiger partial charge is 0.350 e. The van der Waals surface area contributed by atoms with Crippen LogP contribution >= 0.6 is 11.6 Å². The Balaban J connectivity index is 1.72. The maximum absolute atomic E-state index is 13.6. The van der Waals surface area contributed by atoms with Gasteiger partial charge >= 0.3 is 0 Å². The van der Waals surface area contributed by atoms with Gasteiger partial charge in [-0.15, -0.1) is 0 Å². The number of halogens is 1. The molecule has 0 unspecified atom stereocenters. The lowest BCUT2D eigenvalue weighted by atomic mass is 9.88. The van der Waals surface area contributed by atoms with Crippen LogP contribution in [-0.2, 0) is 10.5 Å². The standard InChI is InChI=1S/C21H14ClN3O2/c22-13-9-11-14(12-10-13)25-19(26)15-5-1-2-6-16(15)21(20(25)27)23-17-7-3-4-8-18(17)24-21/h1-12,23-24H. The summed E-state index contributed by atoms with van der Waals surface area (Å²) in [4.78, 5) is 28.0. The number of fused-ring (bicyclic) bond motifs is 3. The van der Waals surface area contributed by atoms with E-state index < -0.39 is 5.66 Å². The number of rotatable bonds is 1. The van der Waals surface area contributed by atoms with Crippen molar-refractivity contribution in [2.45, 2.75) is 5.66 Å². The van der Waals surface area contributed by atoms with Crippen molar-refractivity contribution < 1.29 is 9.59 Å². The summed E-state index contributed by atoms with van der Waals surface area (Å²) in [5, 5.41) is 7.15. The maximum atomic E-state index is 13.6. The van der Waals surface area contributed by atoms with E-state index in [1.54, 1.807) is 42.5 Å². The summed E-state index contributed by atoms with van der Waals surface area (Å²) in [7, 11) is 0. The van der Waals surface area contributed by atoms with Crippen LogP contribution in [0.25, 0.3) is 0 Å². The van der Waals surface area contributed by atoms with Gasteiger partial charge in [0.05, 0.1) is 17.1 Å². The summed E-state index contributed by atoms with van der Waals surface area (Å²) in [6, 6.07) is 21.4. The van der Waals surface area contributed by atoms with E-state index in [4.69, 9.17) is 11.6 Å². The molecular weight excluding hydrogens is 362 g/mol. The number of hydrogen-bond donors (Lipinski definition) is 2. The van der Waals surface area contributed by atoms with E-state index >= 15 is 0 Å². The smallest absolute Gasteiger partial charge is 0.285 e. The fraction of sp³-hybridized carbons (Fsp3) is 0.0476. The second-order valence-electron chi connectivity index (χ2n) is 6.51. The summed E-state index contributed by atoms with van der Waals surface area (Å²) < 4.78 is 0. The number of hydrogen-bond acceptors (Lipinski definition) is 4. The first kappa shape index (κ1) is 15.9. The van der Waals surface area contributed by atoms with Gasteiger partial charge in [0, 0.05) is 16.1 Å². The summed E-state index contributed by atoms with van der Waals surface area (Å²) in [6.45, 7) is 0. The molecule has 0 saturated heterocycles. The van der Waals surface area contributed by atoms with Crippen LogP contribution < -0.4 is 15.5 Å². The molecule has 27 heavy (non-hydrogen) atoms. The van der Waals surface area contributed by atoms with Crippen molar-refractivity contribution in [2.75, 3.05) is 15.5 Å². The zero-order valence-electron chi connectivity index (χ0n) is 14.1. The highest BCUT2D eigenvalue weighted by Crippen LogP contribution is 2.44. The number of nitrogens with zero attached hydrogens (tertiary/aromatic N) is 1. The molecule has 0 saturated carbocycles. The Kier molecular flexibility index (Phi) is 3.29. The minimum absolute atomic E-state index is 0.358. The van der Waals surface area contributed by atoms with Crippen molar-refractivity contribution in [1.29, 1.82) is 0 Å². The van der Waals surface area contributed by atoms with Gasteiger partial charge in [-0.3, -0.25) is 9.59 Å². The molecule has 2 aliphatic heterocycles. The normalized spacial score (nSPS) is 16.6. The molecule has 0 bridgehead atoms. The molecule has 0 fully saturated rings. The van der Waals surface area contributed by atoms with Crippen molar-refractivity contribution in [3.8, 4) is 0 Å². The fourth-order valence-electron chi connectivity index (χ4n) is 3.69. The Bertz CT molecular complexity index is 1070. The van der Waals surface area contributed by atoms with Gasteiger partial charge in [0.1, 0.15) is 0 Å². The second kappa shape index (κ2) is 5.59. The highest BCUT2D eigenvalue weighted by molar-refractivity contribution is 6.31. The van der Waals surface area contributed by atoms with Crippen LogP contribution in [0.5, 0.6) is 0 Å². The van der Waals surface area contributed by atoms with Crippen molar-refractivity contribution >= 4 is 40.5 Å². The summed E-state index contributed by atoms with van der Waals surface area (Å²) in [5.41, 5.74) is 1.94. The lowest BCUT2D eigenvalue weighted by molar-refractivity contribution is -0.121. The minimum Gasteiger partial charge on any atom is -0.350 e. The number of carbonyl (C=O) groups is 2. The molecule has 132 valence electrons. The Morgan fingerprint density at radius 2 is 1.37 bits per heavy atom. The summed E-state index contributed by atoms with van der Waals surface area (Å²) in [6.07, 6.45) is 0. The van der Waals surface area contributed by atoms with Crippen molar-refractivity contribution in [2.24, 2.45) is 0 Å². The fourth-order valence-corrected chi connectivity index (χ4v) is 3.82. The van der Waals surface area contributed by atoms with Gasteiger partial charge in [0.25, 0.3) is 11.8 Å². The van der Waals surface area contributed by atoms with Crippen LogP contribution in [0.4, 0.5) is 17.1 Å². The van der Waals surface area contributed by atoms with Crippen LogP contribution in [0.15, 0.2) is 72.8 Å². The Labute approximate surface area is 160 Å². The van der Waals surface area contributed by atoms with Crippen LogP contribution in [0.3, 0.4) is 0 Å². The van der Waals surface area contributed by atoms with Crippen LogP contribution in [0.2, 0.25) is 5.02 Å². The highest BCUT2D eigenvalue weighted by Gasteiger charge is 2.54. The SMILES string of the molecule is O=C1c2ccccc2C2(Nc3ccccc3N2)C(=O)N1c1ccc(Cl)cc1. The van der Waals surface area contributed by atoms with E-state index in [1.807, 2.05) is 30.3 Å². The van der Waals surface area contributed by atoms with Gasteiger partial charge in [0.2, 0.25) is 5.66 Å². The van der Waals surface area contributed by atoms with Crippen LogP contribution in [0, 0.1) is 0 Å².